The summed E-state index contributed by atoms with van der Waals surface area (Å²) in [5.41, 5.74) is 1.28. The summed E-state index contributed by atoms with van der Waals surface area (Å²) in [4.78, 5) is 22.9. The molecule has 3 heterocycles. The first kappa shape index (κ1) is 21.9. The van der Waals surface area contributed by atoms with Gasteiger partial charge in [0.2, 0.25) is 0 Å². The number of amides is 1. The van der Waals surface area contributed by atoms with Crippen LogP contribution in [0.15, 0.2) is 30.6 Å². The minimum absolute atomic E-state index is 0.130. The summed E-state index contributed by atoms with van der Waals surface area (Å²) in [6.07, 6.45) is -0.0101. The second-order valence-electron chi connectivity index (χ2n) is 7.73. The summed E-state index contributed by atoms with van der Waals surface area (Å²) in [5.74, 6) is 0.912. The van der Waals surface area contributed by atoms with Gasteiger partial charge in [0.05, 0.1) is 12.3 Å². The van der Waals surface area contributed by atoms with Crippen LogP contribution in [0, 0.1) is 6.92 Å². The van der Waals surface area contributed by atoms with Crippen molar-refractivity contribution < 1.29 is 23.0 Å². The molecular formula is C22H25F2N5O3. The van der Waals surface area contributed by atoms with Gasteiger partial charge in [-0.05, 0) is 50.5 Å². The first-order valence-electron chi connectivity index (χ1n) is 10.6. The molecule has 32 heavy (non-hydrogen) atoms. The first-order valence-corrected chi connectivity index (χ1v) is 10.6. The van der Waals surface area contributed by atoms with Gasteiger partial charge in [-0.25, -0.2) is 13.8 Å². The highest BCUT2D eigenvalue weighted by atomic mass is 19.3. The Labute approximate surface area is 184 Å². The van der Waals surface area contributed by atoms with Crippen molar-refractivity contribution in [1.82, 2.24) is 24.5 Å². The molecule has 4 rings (SSSR count). The van der Waals surface area contributed by atoms with E-state index in [1.807, 2.05) is 26.0 Å². The van der Waals surface area contributed by atoms with E-state index in [4.69, 9.17) is 9.47 Å². The Morgan fingerprint density at radius 3 is 2.88 bits per heavy atom. The number of piperidine rings is 1. The van der Waals surface area contributed by atoms with Gasteiger partial charge < -0.3 is 14.4 Å². The molecule has 0 bridgehead atoms. The maximum Gasteiger partial charge on any atom is 0.280 e. The zero-order chi connectivity index (χ0) is 22.7. The van der Waals surface area contributed by atoms with Gasteiger partial charge >= 0.3 is 0 Å². The lowest BCUT2D eigenvalue weighted by Crippen LogP contribution is -2.41. The number of hydrogen-bond donors (Lipinski definition) is 0. The van der Waals surface area contributed by atoms with Gasteiger partial charge in [-0.2, -0.15) is 14.6 Å². The fourth-order valence-electron chi connectivity index (χ4n) is 3.90. The van der Waals surface area contributed by atoms with Crippen molar-refractivity contribution in [3.05, 3.63) is 47.5 Å². The number of carbonyl (C=O) groups is 1. The molecule has 0 radical (unpaired) electrons. The molecule has 10 heteroatoms. The minimum Gasteiger partial charge on any atom is -0.490 e. The van der Waals surface area contributed by atoms with Crippen LogP contribution in [0.4, 0.5) is 8.78 Å². The number of halogens is 2. The van der Waals surface area contributed by atoms with Crippen molar-refractivity contribution in [2.45, 2.75) is 39.0 Å². The van der Waals surface area contributed by atoms with Gasteiger partial charge in [0.15, 0.2) is 18.1 Å². The molecule has 1 aliphatic heterocycles. The number of aryl methyl sites for hydroxylation is 1. The van der Waals surface area contributed by atoms with Crippen LogP contribution >= 0.6 is 0 Å². The third-order valence-electron chi connectivity index (χ3n) is 5.47. The van der Waals surface area contributed by atoms with Crippen LogP contribution < -0.4 is 9.47 Å². The Morgan fingerprint density at radius 1 is 1.25 bits per heavy atom. The smallest absolute Gasteiger partial charge is 0.280 e. The van der Waals surface area contributed by atoms with Crippen LogP contribution in [-0.4, -0.2) is 56.7 Å². The van der Waals surface area contributed by atoms with Crippen LogP contribution in [0.5, 0.6) is 11.5 Å². The third kappa shape index (κ3) is 4.63. The summed E-state index contributed by atoms with van der Waals surface area (Å²) in [7, 11) is 0. The maximum atomic E-state index is 13.5. The van der Waals surface area contributed by atoms with E-state index in [1.54, 1.807) is 11.0 Å². The average molecular weight is 445 g/mol. The van der Waals surface area contributed by atoms with E-state index in [9.17, 15) is 13.6 Å². The third-order valence-corrected chi connectivity index (χ3v) is 5.47. The van der Waals surface area contributed by atoms with E-state index in [-0.39, 0.29) is 29.9 Å². The van der Waals surface area contributed by atoms with E-state index < -0.39 is 6.43 Å². The average Bonchev–Trinajstić information content (AvgIpc) is 3.26. The van der Waals surface area contributed by atoms with E-state index in [2.05, 4.69) is 15.1 Å². The van der Waals surface area contributed by atoms with Crippen molar-refractivity contribution in [3.8, 4) is 11.5 Å². The lowest BCUT2D eigenvalue weighted by Gasteiger charge is -2.32. The van der Waals surface area contributed by atoms with E-state index >= 15 is 0 Å². The minimum atomic E-state index is -2.70. The van der Waals surface area contributed by atoms with Gasteiger partial charge in [-0.3, -0.25) is 4.79 Å². The number of hydrogen-bond acceptors (Lipinski definition) is 6. The molecule has 1 aliphatic rings. The molecule has 1 saturated heterocycles. The molecule has 8 nitrogen and oxygen atoms in total. The van der Waals surface area contributed by atoms with Gasteiger partial charge in [0, 0.05) is 19.0 Å². The molecule has 0 aliphatic carbocycles. The van der Waals surface area contributed by atoms with Gasteiger partial charge in [0.1, 0.15) is 12.0 Å². The Balaban J connectivity index is 1.45. The Kier molecular flexibility index (Phi) is 6.48. The summed E-state index contributed by atoms with van der Waals surface area (Å²) in [6.45, 7) is 5.17. The molecule has 2 aromatic heterocycles. The van der Waals surface area contributed by atoms with Crippen molar-refractivity contribution in [2.24, 2.45) is 0 Å². The number of aromatic nitrogens is 4. The number of ether oxygens (including phenoxy) is 2. The summed E-state index contributed by atoms with van der Waals surface area (Å²) in [6, 6.07) is 6.91. The molecule has 1 amide bonds. The van der Waals surface area contributed by atoms with E-state index in [0.717, 1.165) is 22.9 Å². The highest BCUT2D eigenvalue weighted by Gasteiger charge is 2.28. The molecular weight excluding hydrogens is 420 g/mol. The number of nitrogens with zero attached hydrogens (tertiary/aromatic N) is 5. The van der Waals surface area contributed by atoms with Crippen LogP contribution in [0.1, 0.15) is 49.1 Å². The van der Waals surface area contributed by atoms with Gasteiger partial charge in [0.25, 0.3) is 18.1 Å². The highest BCUT2D eigenvalue weighted by Crippen LogP contribution is 2.30. The van der Waals surface area contributed by atoms with Crippen molar-refractivity contribution in [3.63, 3.8) is 0 Å². The number of likely N-dealkylation sites (tertiary alicyclic amines) is 1. The fourth-order valence-corrected chi connectivity index (χ4v) is 3.90. The second kappa shape index (κ2) is 9.46. The molecule has 1 aromatic carbocycles. The lowest BCUT2D eigenvalue weighted by molar-refractivity contribution is -0.134. The van der Waals surface area contributed by atoms with Crippen molar-refractivity contribution in [1.29, 1.82) is 0 Å². The van der Waals surface area contributed by atoms with Crippen LogP contribution in [0.2, 0.25) is 0 Å². The molecule has 0 unspecified atom stereocenters. The molecule has 170 valence electrons. The molecule has 3 aromatic rings. The van der Waals surface area contributed by atoms with Gasteiger partial charge in [-0.1, -0.05) is 6.07 Å². The Bertz CT molecular complexity index is 1100. The summed E-state index contributed by atoms with van der Waals surface area (Å²) in [5, 5.41) is 3.82. The maximum absolute atomic E-state index is 13.5. The fraction of sp³-hybridized carbons (Fsp3) is 0.455. The molecule has 0 spiro atoms. The first-order chi connectivity index (χ1) is 15.5. The van der Waals surface area contributed by atoms with E-state index in [1.165, 1.54) is 12.4 Å². The standard InChI is InChI=1S/C22H25F2N5O3/c1-3-31-19-9-14(2)6-7-18(19)32-12-20(30)28-8-4-5-15(11-28)16-10-17(21(23)24)29-22(27-16)25-13-26-29/h6-7,9-10,13,15,21H,3-5,8,11-12H2,1-2H3/t15-/m1/s1. The SMILES string of the molecule is CCOc1cc(C)ccc1OCC(=O)N1CCC[C@@H](c2cc(C(F)F)n3ncnc3n2)C1. The number of benzene rings is 1. The zero-order valence-electron chi connectivity index (χ0n) is 18.0. The predicted octanol–water partition coefficient (Wildman–Crippen LogP) is 3.55. The monoisotopic (exact) mass is 445 g/mol. The normalized spacial score (nSPS) is 16.5. The predicted molar refractivity (Wildman–Crippen MR) is 112 cm³/mol. The highest BCUT2D eigenvalue weighted by molar-refractivity contribution is 5.78. The van der Waals surface area contributed by atoms with Crippen LogP contribution in [0.3, 0.4) is 0 Å². The van der Waals surface area contributed by atoms with Crippen LogP contribution in [0.25, 0.3) is 5.78 Å². The topological polar surface area (TPSA) is 81.9 Å². The number of carbonyl (C=O) groups excluding carboxylic acids is 1. The van der Waals surface area contributed by atoms with Crippen molar-refractivity contribution in [2.75, 3.05) is 26.3 Å². The molecule has 1 atom stereocenters. The molecule has 0 saturated carbocycles. The number of fused-ring (bicyclic) bond motifs is 1. The summed E-state index contributed by atoms with van der Waals surface area (Å²) < 4.78 is 39.4. The number of rotatable bonds is 7. The Hall–Kier alpha value is -3.30. The lowest BCUT2D eigenvalue weighted by atomic mass is 9.94. The molecule has 1 fully saturated rings. The van der Waals surface area contributed by atoms with Crippen molar-refractivity contribution >= 4 is 11.7 Å². The van der Waals surface area contributed by atoms with E-state index in [0.29, 0.717) is 36.9 Å². The van der Waals surface area contributed by atoms with Gasteiger partial charge in [-0.15, -0.1) is 0 Å². The largest absolute Gasteiger partial charge is 0.490 e. The summed E-state index contributed by atoms with van der Waals surface area (Å²) >= 11 is 0. The number of alkyl halides is 2. The zero-order valence-corrected chi connectivity index (χ0v) is 18.0. The van der Waals surface area contributed by atoms with Crippen LogP contribution in [-0.2, 0) is 4.79 Å². The molecule has 0 N–H and O–H groups in total. The Morgan fingerprint density at radius 2 is 2.09 bits per heavy atom. The quantitative estimate of drug-likeness (QED) is 0.553. The second-order valence-corrected chi connectivity index (χ2v) is 7.73.